The van der Waals surface area contributed by atoms with E-state index in [9.17, 15) is 14.4 Å². The minimum absolute atomic E-state index is 0.0702. The number of carbonyl (C=O) groups is 3. The molecule has 0 spiro atoms. The van der Waals surface area contributed by atoms with Crippen LogP contribution in [0.1, 0.15) is 60.8 Å². The molecular formula is C21H23NO5. The molecule has 0 saturated carbocycles. The molecule has 0 fully saturated rings. The van der Waals surface area contributed by atoms with Gasteiger partial charge in [0.2, 0.25) is 12.1 Å². The topological polar surface area (TPSA) is 74.6 Å². The van der Waals surface area contributed by atoms with Crippen molar-refractivity contribution < 1.29 is 23.9 Å². The zero-order valence-corrected chi connectivity index (χ0v) is 15.5. The van der Waals surface area contributed by atoms with Crippen LogP contribution >= 0.6 is 0 Å². The normalized spacial score (nSPS) is 16.4. The van der Waals surface area contributed by atoms with Crippen molar-refractivity contribution in [1.29, 1.82) is 0 Å². The lowest BCUT2D eigenvalue weighted by Crippen LogP contribution is -2.26. The average molecular weight is 369 g/mol. The van der Waals surface area contributed by atoms with E-state index in [0.29, 0.717) is 30.6 Å². The quantitative estimate of drug-likeness (QED) is 0.425. The van der Waals surface area contributed by atoms with E-state index in [1.54, 1.807) is 38.1 Å². The molecular weight excluding hydrogens is 346 g/mol. The highest BCUT2D eigenvalue weighted by Crippen LogP contribution is 2.32. The number of ether oxygens (including phenoxy) is 2. The molecule has 0 saturated heterocycles. The molecule has 2 unspecified atom stereocenters. The molecule has 2 heterocycles. The van der Waals surface area contributed by atoms with Gasteiger partial charge in [-0.2, -0.15) is 0 Å². The highest BCUT2D eigenvalue weighted by molar-refractivity contribution is 6.08. The number of hydrogen-bond acceptors (Lipinski definition) is 5. The number of hydrogen-bond donors (Lipinski definition) is 0. The zero-order valence-electron chi connectivity index (χ0n) is 15.5. The average Bonchev–Trinajstić information content (AvgIpc) is 3.29. The molecule has 1 aliphatic heterocycles. The molecule has 0 bridgehead atoms. The smallest absolute Gasteiger partial charge is 0.318 e. The van der Waals surface area contributed by atoms with E-state index in [0.717, 1.165) is 5.69 Å². The van der Waals surface area contributed by atoms with Crippen LogP contribution in [0.15, 0.2) is 42.5 Å². The fourth-order valence-electron chi connectivity index (χ4n) is 3.25. The third-order valence-electron chi connectivity index (χ3n) is 4.70. The first-order valence-electron chi connectivity index (χ1n) is 9.24. The van der Waals surface area contributed by atoms with E-state index in [1.165, 1.54) is 0 Å². The summed E-state index contributed by atoms with van der Waals surface area (Å²) in [5.41, 5.74) is 1.94. The second-order valence-electron chi connectivity index (χ2n) is 6.45. The number of aromatic nitrogens is 1. The summed E-state index contributed by atoms with van der Waals surface area (Å²) in [6, 6.07) is 12.6. The number of ketones is 1. The number of benzene rings is 1. The summed E-state index contributed by atoms with van der Waals surface area (Å²) < 4.78 is 12.4. The summed E-state index contributed by atoms with van der Waals surface area (Å²) in [6.45, 7) is 4.04. The molecule has 1 aromatic carbocycles. The standard InChI is InChI=1S/C21H23NO5/c1-3-18(23)26-19(4-2)27-21(25)15-12-13-22-16(15)10-11-17(22)20(24)14-8-6-5-7-9-14/h5-11,15,19H,3-4,12-13H2,1-2H3. The largest absolute Gasteiger partial charge is 0.425 e. The molecule has 2 aromatic rings. The lowest BCUT2D eigenvalue weighted by atomic mass is 10.1. The molecule has 2 atom stereocenters. The van der Waals surface area contributed by atoms with Crippen LogP contribution in [-0.2, 0) is 25.6 Å². The van der Waals surface area contributed by atoms with Crippen LogP contribution in [0.5, 0.6) is 0 Å². The van der Waals surface area contributed by atoms with Crippen molar-refractivity contribution in [2.75, 3.05) is 0 Å². The Morgan fingerprint density at radius 3 is 2.48 bits per heavy atom. The van der Waals surface area contributed by atoms with Gasteiger partial charge in [0.15, 0.2) is 0 Å². The van der Waals surface area contributed by atoms with Gasteiger partial charge >= 0.3 is 11.9 Å². The molecule has 142 valence electrons. The third-order valence-corrected chi connectivity index (χ3v) is 4.70. The van der Waals surface area contributed by atoms with Crippen LogP contribution in [0.2, 0.25) is 0 Å². The van der Waals surface area contributed by atoms with Crippen molar-refractivity contribution in [3.05, 3.63) is 59.4 Å². The molecule has 6 heteroatoms. The molecule has 6 nitrogen and oxygen atoms in total. The van der Waals surface area contributed by atoms with E-state index in [-0.39, 0.29) is 12.2 Å². The summed E-state index contributed by atoms with van der Waals surface area (Å²) >= 11 is 0. The van der Waals surface area contributed by atoms with Crippen LogP contribution < -0.4 is 0 Å². The molecule has 3 rings (SSSR count). The fourth-order valence-corrected chi connectivity index (χ4v) is 3.25. The van der Waals surface area contributed by atoms with Gasteiger partial charge in [0.05, 0.1) is 11.6 Å². The van der Waals surface area contributed by atoms with Crippen LogP contribution in [0.25, 0.3) is 0 Å². The highest BCUT2D eigenvalue weighted by Gasteiger charge is 2.34. The van der Waals surface area contributed by atoms with E-state index >= 15 is 0 Å². The van der Waals surface area contributed by atoms with Crippen LogP contribution in [-0.4, -0.2) is 28.6 Å². The van der Waals surface area contributed by atoms with E-state index in [2.05, 4.69) is 0 Å². The van der Waals surface area contributed by atoms with Gasteiger partial charge in [-0.3, -0.25) is 14.4 Å². The number of esters is 2. The molecule has 27 heavy (non-hydrogen) atoms. The maximum Gasteiger partial charge on any atom is 0.318 e. The second-order valence-corrected chi connectivity index (χ2v) is 6.45. The Balaban J connectivity index is 1.74. The minimum atomic E-state index is -0.876. The van der Waals surface area contributed by atoms with Gasteiger partial charge in [-0.05, 0) is 18.6 Å². The number of fused-ring (bicyclic) bond motifs is 1. The SMILES string of the molecule is CCC(=O)OC(CC)OC(=O)C1CCn2c(C(=O)c3ccccc3)ccc21. The predicted octanol–water partition coefficient (Wildman–Crippen LogP) is 3.44. The Hall–Kier alpha value is -2.89. The lowest BCUT2D eigenvalue weighted by Gasteiger charge is -2.18. The Morgan fingerprint density at radius 2 is 1.81 bits per heavy atom. The number of carbonyl (C=O) groups excluding carboxylic acids is 3. The van der Waals surface area contributed by atoms with Crippen molar-refractivity contribution >= 4 is 17.7 Å². The van der Waals surface area contributed by atoms with Crippen molar-refractivity contribution in [2.24, 2.45) is 0 Å². The fraction of sp³-hybridized carbons (Fsp3) is 0.381. The molecule has 1 aromatic heterocycles. The first kappa shape index (κ1) is 18.9. The molecule has 0 radical (unpaired) electrons. The summed E-state index contributed by atoms with van der Waals surface area (Å²) in [6.07, 6.45) is 0.301. The van der Waals surface area contributed by atoms with Gasteiger partial charge < -0.3 is 14.0 Å². The van der Waals surface area contributed by atoms with Gasteiger partial charge in [0.1, 0.15) is 0 Å². The van der Waals surface area contributed by atoms with Gasteiger partial charge in [0, 0.05) is 30.6 Å². The molecule has 0 amide bonds. The second kappa shape index (κ2) is 8.20. The summed E-state index contributed by atoms with van der Waals surface area (Å²) in [5, 5.41) is 0. The third kappa shape index (κ3) is 3.94. The summed E-state index contributed by atoms with van der Waals surface area (Å²) in [5.74, 6) is -1.36. The van der Waals surface area contributed by atoms with Crippen molar-refractivity contribution in [3.8, 4) is 0 Å². The van der Waals surface area contributed by atoms with E-state index < -0.39 is 24.1 Å². The van der Waals surface area contributed by atoms with Crippen LogP contribution in [0.4, 0.5) is 0 Å². The monoisotopic (exact) mass is 369 g/mol. The summed E-state index contributed by atoms with van der Waals surface area (Å²) in [4.78, 5) is 36.8. The van der Waals surface area contributed by atoms with Gasteiger partial charge in [0.25, 0.3) is 0 Å². The molecule has 0 N–H and O–H groups in total. The van der Waals surface area contributed by atoms with E-state index in [1.807, 2.05) is 22.8 Å². The van der Waals surface area contributed by atoms with Gasteiger partial charge in [-0.25, -0.2) is 0 Å². The van der Waals surface area contributed by atoms with Gasteiger partial charge in [-0.15, -0.1) is 0 Å². The highest BCUT2D eigenvalue weighted by atomic mass is 16.7. The number of rotatable bonds is 7. The summed E-state index contributed by atoms with van der Waals surface area (Å²) in [7, 11) is 0. The molecule has 1 aliphatic rings. The Labute approximate surface area is 158 Å². The first-order valence-corrected chi connectivity index (χ1v) is 9.24. The Morgan fingerprint density at radius 1 is 1.07 bits per heavy atom. The number of nitrogens with zero attached hydrogens (tertiary/aromatic N) is 1. The minimum Gasteiger partial charge on any atom is -0.425 e. The first-order chi connectivity index (χ1) is 13.0. The van der Waals surface area contributed by atoms with Crippen LogP contribution in [0.3, 0.4) is 0 Å². The Kier molecular flexibility index (Phi) is 5.74. The van der Waals surface area contributed by atoms with Crippen molar-refractivity contribution in [1.82, 2.24) is 4.57 Å². The molecule has 0 aliphatic carbocycles. The van der Waals surface area contributed by atoms with Crippen molar-refractivity contribution in [2.45, 2.75) is 51.9 Å². The lowest BCUT2D eigenvalue weighted by molar-refractivity contribution is -0.189. The van der Waals surface area contributed by atoms with E-state index in [4.69, 9.17) is 9.47 Å². The maximum atomic E-state index is 12.7. The Bertz CT molecular complexity index is 840. The van der Waals surface area contributed by atoms with Crippen LogP contribution in [0, 0.1) is 0 Å². The zero-order chi connectivity index (χ0) is 19.4. The van der Waals surface area contributed by atoms with Crippen molar-refractivity contribution in [3.63, 3.8) is 0 Å². The predicted molar refractivity (Wildman–Crippen MR) is 98.2 cm³/mol. The van der Waals surface area contributed by atoms with Gasteiger partial charge in [-0.1, -0.05) is 44.2 Å². The maximum absolute atomic E-state index is 12.7.